The molecule has 5 heteroatoms. The van der Waals surface area contributed by atoms with Crippen LogP contribution in [0.1, 0.15) is 25.0 Å². The number of halogens is 1. The van der Waals surface area contributed by atoms with Crippen molar-refractivity contribution in [3.05, 3.63) is 46.7 Å². The lowest BCUT2D eigenvalue weighted by molar-refractivity contribution is 0.304. The minimum absolute atomic E-state index is 0.619. The topological polar surface area (TPSA) is 20.6 Å². The molecule has 1 aliphatic rings. The van der Waals surface area contributed by atoms with Gasteiger partial charge in [0.05, 0.1) is 19.5 Å². The minimum atomic E-state index is 0.619. The van der Waals surface area contributed by atoms with Gasteiger partial charge in [0.2, 0.25) is 0 Å². The van der Waals surface area contributed by atoms with Gasteiger partial charge in [-0.25, -0.2) is 0 Å². The number of rotatable bonds is 5. The third-order valence-electron chi connectivity index (χ3n) is 4.37. The number of anilines is 1. The van der Waals surface area contributed by atoms with Crippen LogP contribution in [0.3, 0.4) is 0 Å². The fourth-order valence-electron chi connectivity index (χ4n) is 3.31. The van der Waals surface area contributed by atoms with Crippen molar-refractivity contribution in [1.29, 1.82) is 0 Å². The van der Waals surface area contributed by atoms with E-state index in [1.165, 1.54) is 16.8 Å². The summed E-state index contributed by atoms with van der Waals surface area (Å²) in [5.41, 5.74) is 3.73. The van der Waals surface area contributed by atoms with E-state index in [1.54, 1.807) is 7.11 Å². The van der Waals surface area contributed by atoms with E-state index in [0.29, 0.717) is 5.92 Å². The molecule has 0 saturated heterocycles. The first kappa shape index (κ1) is 17.2. The van der Waals surface area contributed by atoms with Crippen molar-refractivity contribution in [2.24, 2.45) is 5.92 Å². The van der Waals surface area contributed by atoms with Crippen LogP contribution >= 0.6 is 11.6 Å². The predicted molar refractivity (Wildman–Crippen MR) is 100 cm³/mol. The number of hydrogen-bond donors (Lipinski definition) is 0. The number of aromatic nitrogens is 1. The molecule has 130 valence electrons. The molecule has 1 aliphatic heterocycles. The van der Waals surface area contributed by atoms with Crippen molar-refractivity contribution >= 4 is 17.3 Å². The van der Waals surface area contributed by atoms with Crippen LogP contribution in [0.5, 0.6) is 5.75 Å². The Labute approximate surface area is 149 Å². The van der Waals surface area contributed by atoms with Crippen LogP contribution in [0.4, 0.5) is 5.69 Å². The van der Waals surface area contributed by atoms with Gasteiger partial charge in [0.1, 0.15) is 10.9 Å². The number of ether oxygens (including phenoxy) is 1. The van der Waals surface area contributed by atoms with Crippen LogP contribution in [0.15, 0.2) is 30.5 Å². The highest BCUT2D eigenvalue weighted by Gasteiger charge is 2.26. The van der Waals surface area contributed by atoms with Gasteiger partial charge in [0.25, 0.3) is 0 Å². The second-order valence-electron chi connectivity index (χ2n) is 7.03. The molecule has 1 aromatic carbocycles. The Morgan fingerprint density at radius 1 is 1.21 bits per heavy atom. The van der Waals surface area contributed by atoms with Gasteiger partial charge in [0.15, 0.2) is 0 Å². The van der Waals surface area contributed by atoms with Crippen LogP contribution < -0.4 is 9.64 Å². The zero-order valence-corrected chi connectivity index (χ0v) is 15.7. The summed E-state index contributed by atoms with van der Waals surface area (Å²) in [5, 5.41) is 0.848. The Kier molecular flexibility index (Phi) is 5.07. The van der Waals surface area contributed by atoms with Gasteiger partial charge < -0.3 is 14.2 Å². The molecule has 24 heavy (non-hydrogen) atoms. The SMILES string of the molecule is COc1ccc(Cn2cc3c(c2Cl)CN(C)CN3CC(C)C)cc1. The fourth-order valence-corrected chi connectivity index (χ4v) is 3.57. The molecule has 0 atom stereocenters. The van der Waals surface area contributed by atoms with Crippen LogP contribution in [0.2, 0.25) is 5.15 Å². The maximum Gasteiger partial charge on any atom is 0.118 e. The van der Waals surface area contributed by atoms with Gasteiger partial charge in [-0.3, -0.25) is 4.90 Å². The lowest BCUT2D eigenvalue weighted by Gasteiger charge is -2.35. The Bertz CT molecular complexity index is 693. The molecule has 1 aromatic heterocycles. The molecule has 4 nitrogen and oxygen atoms in total. The molecule has 3 rings (SSSR count). The van der Waals surface area contributed by atoms with Gasteiger partial charge in [-0.1, -0.05) is 37.6 Å². The third-order valence-corrected chi connectivity index (χ3v) is 4.81. The largest absolute Gasteiger partial charge is 0.497 e. The van der Waals surface area contributed by atoms with Gasteiger partial charge in [-0.2, -0.15) is 0 Å². The van der Waals surface area contributed by atoms with E-state index in [4.69, 9.17) is 16.3 Å². The average Bonchev–Trinajstić information content (AvgIpc) is 2.84. The zero-order valence-electron chi connectivity index (χ0n) is 14.9. The van der Waals surface area contributed by atoms with Crippen molar-refractivity contribution in [1.82, 2.24) is 9.47 Å². The average molecular weight is 348 g/mol. The quantitative estimate of drug-likeness (QED) is 0.813. The summed E-state index contributed by atoms with van der Waals surface area (Å²) in [7, 11) is 3.83. The molecular weight excluding hydrogens is 322 g/mol. The summed E-state index contributed by atoms with van der Waals surface area (Å²) in [4.78, 5) is 4.74. The molecule has 0 fully saturated rings. The molecule has 0 bridgehead atoms. The number of benzene rings is 1. The van der Waals surface area contributed by atoms with Crippen molar-refractivity contribution < 1.29 is 4.74 Å². The standard InChI is InChI=1S/C19H26ClN3O/c1-14(2)9-23-13-21(3)11-17-18(23)12-22(19(17)20)10-15-5-7-16(24-4)8-6-15/h5-8,12,14H,9-11,13H2,1-4H3. The zero-order chi connectivity index (χ0) is 17.3. The Hall–Kier alpha value is -1.65. The highest BCUT2D eigenvalue weighted by molar-refractivity contribution is 6.31. The second kappa shape index (κ2) is 7.08. The van der Waals surface area contributed by atoms with E-state index >= 15 is 0 Å². The maximum absolute atomic E-state index is 6.70. The fraction of sp³-hybridized carbons (Fsp3) is 0.474. The molecule has 0 radical (unpaired) electrons. The van der Waals surface area contributed by atoms with E-state index in [-0.39, 0.29) is 0 Å². The van der Waals surface area contributed by atoms with Crippen LogP contribution in [-0.2, 0) is 13.1 Å². The molecule has 0 aliphatic carbocycles. The van der Waals surface area contributed by atoms with Crippen molar-refractivity contribution in [3.63, 3.8) is 0 Å². The monoisotopic (exact) mass is 347 g/mol. The van der Waals surface area contributed by atoms with Crippen LogP contribution in [0, 0.1) is 5.92 Å². The maximum atomic E-state index is 6.70. The van der Waals surface area contributed by atoms with Crippen LogP contribution in [0.25, 0.3) is 0 Å². The number of nitrogens with zero attached hydrogens (tertiary/aromatic N) is 3. The van der Waals surface area contributed by atoms with Gasteiger partial charge in [0, 0.05) is 31.4 Å². The van der Waals surface area contributed by atoms with Crippen molar-refractivity contribution in [2.45, 2.75) is 26.9 Å². The Morgan fingerprint density at radius 2 is 1.92 bits per heavy atom. The van der Waals surface area contributed by atoms with E-state index in [1.807, 2.05) is 12.1 Å². The highest BCUT2D eigenvalue weighted by atomic mass is 35.5. The molecule has 2 heterocycles. The lowest BCUT2D eigenvalue weighted by Crippen LogP contribution is -2.41. The molecule has 0 unspecified atom stereocenters. The Balaban J connectivity index is 1.87. The summed E-state index contributed by atoms with van der Waals surface area (Å²) >= 11 is 6.70. The third kappa shape index (κ3) is 3.55. The van der Waals surface area contributed by atoms with E-state index in [9.17, 15) is 0 Å². The molecule has 0 saturated carbocycles. The summed E-state index contributed by atoms with van der Waals surface area (Å²) in [5.74, 6) is 1.49. The van der Waals surface area contributed by atoms with Crippen LogP contribution in [-0.4, -0.2) is 36.8 Å². The van der Waals surface area contributed by atoms with Gasteiger partial charge in [-0.05, 0) is 30.7 Å². The van der Waals surface area contributed by atoms with Crippen molar-refractivity contribution in [3.8, 4) is 5.75 Å². The number of hydrogen-bond acceptors (Lipinski definition) is 3. The van der Waals surface area contributed by atoms with E-state index < -0.39 is 0 Å². The lowest BCUT2D eigenvalue weighted by atomic mass is 10.1. The first-order valence-electron chi connectivity index (χ1n) is 8.42. The Morgan fingerprint density at radius 3 is 2.54 bits per heavy atom. The normalized spacial score (nSPS) is 15.0. The van der Waals surface area contributed by atoms with Gasteiger partial charge >= 0.3 is 0 Å². The van der Waals surface area contributed by atoms with Crippen molar-refractivity contribution in [2.75, 3.05) is 32.3 Å². The minimum Gasteiger partial charge on any atom is -0.497 e. The molecule has 2 aromatic rings. The van der Waals surface area contributed by atoms with E-state index in [2.05, 4.69) is 53.6 Å². The number of methoxy groups -OCH3 is 1. The number of fused-ring (bicyclic) bond motifs is 1. The summed E-state index contributed by atoms with van der Waals surface area (Å²) in [6.45, 7) is 8.18. The first-order chi connectivity index (χ1) is 11.5. The summed E-state index contributed by atoms with van der Waals surface area (Å²) in [6, 6.07) is 8.16. The molecular formula is C19H26ClN3O. The smallest absolute Gasteiger partial charge is 0.118 e. The molecule has 0 amide bonds. The predicted octanol–water partition coefficient (Wildman–Crippen LogP) is 4.06. The summed E-state index contributed by atoms with van der Waals surface area (Å²) < 4.78 is 7.38. The summed E-state index contributed by atoms with van der Waals surface area (Å²) in [6.07, 6.45) is 2.21. The first-order valence-corrected chi connectivity index (χ1v) is 8.79. The molecule has 0 spiro atoms. The van der Waals surface area contributed by atoms with Gasteiger partial charge in [-0.15, -0.1) is 0 Å². The molecule has 0 N–H and O–H groups in total. The highest BCUT2D eigenvalue weighted by Crippen LogP contribution is 2.35. The van der Waals surface area contributed by atoms with E-state index in [0.717, 1.165) is 37.2 Å². The second-order valence-corrected chi connectivity index (χ2v) is 7.39.